The van der Waals surface area contributed by atoms with Crippen LogP contribution in [0.15, 0.2) is 66.7 Å². The predicted molar refractivity (Wildman–Crippen MR) is 163 cm³/mol. The Hall–Kier alpha value is -4.41. The number of benzene rings is 3. The molecule has 1 aliphatic rings. The topological polar surface area (TPSA) is 106 Å². The molecule has 218 valence electrons. The number of thiophene rings is 1. The van der Waals surface area contributed by atoms with E-state index in [4.69, 9.17) is 14.3 Å². The number of amides is 2. The average Bonchev–Trinajstić information content (AvgIpc) is 3.37. The molecule has 9 nitrogen and oxygen atoms in total. The van der Waals surface area contributed by atoms with Gasteiger partial charge in [0.25, 0.3) is 0 Å². The van der Waals surface area contributed by atoms with Crippen LogP contribution in [0, 0.1) is 0 Å². The van der Waals surface area contributed by atoms with E-state index in [9.17, 15) is 14.4 Å². The van der Waals surface area contributed by atoms with Crippen molar-refractivity contribution in [1.82, 2.24) is 15.7 Å². The first kappa shape index (κ1) is 29.1. The third-order valence-corrected chi connectivity index (χ3v) is 7.94. The van der Waals surface area contributed by atoms with Crippen molar-refractivity contribution in [3.8, 4) is 27.7 Å². The monoisotopic (exact) mass is 587 g/mol. The maximum absolute atomic E-state index is 14.0. The molecular weight excluding hydrogens is 554 g/mol. The first-order valence-electron chi connectivity index (χ1n) is 14.1. The molecule has 0 spiro atoms. The van der Waals surface area contributed by atoms with Gasteiger partial charge in [-0.25, -0.2) is 9.59 Å². The minimum absolute atomic E-state index is 0.138. The van der Waals surface area contributed by atoms with Crippen LogP contribution < -0.4 is 24.9 Å². The summed E-state index contributed by atoms with van der Waals surface area (Å²) in [5, 5.41) is 7.93. The van der Waals surface area contributed by atoms with Gasteiger partial charge in [0.2, 0.25) is 0 Å². The van der Waals surface area contributed by atoms with Gasteiger partial charge >= 0.3 is 12.2 Å². The van der Waals surface area contributed by atoms with Crippen LogP contribution in [-0.2, 0) is 0 Å². The summed E-state index contributed by atoms with van der Waals surface area (Å²) in [6.45, 7) is 6.32. The van der Waals surface area contributed by atoms with Crippen molar-refractivity contribution >= 4 is 39.4 Å². The van der Waals surface area contributed by atoms with Gasteiger partial charge in [0.1, 0.15) is 17.2 Å². The number of hydrogen-bond acceptors (Lipinski definition) is 8. The number of rotatable bonds is 9. The Morgan fingerprint density at radius 2 is 1.36 bits per heavy atom. The number of carbonyl (C=O) groups excluding carboxylic acids is 3. The Morgan fingerprint density at radius 1 is 0.762 bits per heavy atom. The zero-order valence-corrected chi connectivity index (χ0v) is 24.4. The summed E-state index contributed by atoms with van der Waals surface area (Å²) in [6, 6.07) is 19.5. The van der Waals surface area contributed by atoms with Gasteiger partial charge in [0, 0.05) is 52.3 Å². The van der Waals surface area contributed by atoms with Gasteiger partial charge in [-0.3, -0.25) is 4.79 Å². The molecule has 3 aromatic carbocycles. The highest BCUT2D eigenvalue weighted by Gasteiger charge is 2.23. The van der Waals surface area contributed by atoms with E-state index in [0.29, 0.717) is 41.5 Å². The lowest BCUT2D eigenvalue weighted by molar-refractivity contribution is -0.0720. The van der Waals surface area contributed by atoms with Crippen LogP contribution in [0.3, 0.4) is 0 Å². The quantitative estimate of drug-likeness (QED) is 0.208. The van der Waals surface area contributed by atoms with E-state index in [1.54, 1.807) is 42.5 Å². The summed E-state index contributed by atoms with van der Waals surface area (Å²) in [5.41, 5.74) is 1.86. The standard InChI is InChI=1S/C32H33N3O6S/c1-3-33-31(37)39-23-12-10-22(11-13-23)30-28(26-17-16-25(20-27(26)42-30)40-32(38)34-4-2)29(36)21-8-14-24(15-9-21)41-35-18-6-5-7-19-35/h8-17,20H,3-7,18-19H2,1-2H3,(H,33,37)(H,34,38). The fourth-order valence-corrected chi connectivity index (χ4v) is 5.97. The second-order valence-electron chi connectivity index (χ2n) is 9.76. The highest BCUT2D eigenvalue weighted by atomic mass is 32.1. The molecule has 1 saturated heterocycles. The molecule has 1 aromatic heterocycles. The fourth-order valence-electron chi connectivity index (χ4n) is 4.74. The number of nitrogens with one attached hydrogen (secondary N) is 2. The Balaban J connectivity index is 1.47. The van der Waals surface area contributed by atoms with Gasteiger partial charge in [0.05, 0.1) is 0 Å². The van der Waals surface area contributed by atoms with Crippen LogP contribution in [-0.4, -0.2) is 49.2 Å². The molecule has 42 heavy (non-hydrogen) atoms. The number of ketones is 1. The first-order chi connectivity index (χ1) is 20.4. The van der Waals surface area contributed by atoms with Crippen LogP contribution in [0.5, 0.6) is 17.2 Å². The predicted octanol–water partition coefficient (Wildman–Crippen LogP) is 6.80. The van der Waals surface area contributed by atoms with E-state index in [1.807, 2.05) is 43.2 Å². The molecule has 10 heteroatoms. The third-order valence-electron chi connectivity index (χ3n) is 6.73. The van der Waals surface area contributed by atoms with E-state index >= 15 is 0 Å². The number of ether oxygens (including phenoxy) is 2. The SMILES string of the molecule is CCNC(=O)Oc1ccc(-c2sc3cc(OC(=O)NCC)ccc3c2C(=O)c2ccc(ON3CCCCC3)cc2)cc1. The van der Waals surface area contributed by atoms with Crippen molar-refractivity contribution in [2.45, 2.75) is 33.1 Å². The van der Waals surface area contributed by atoms with Crippen molar-refractivity contribution in [2.24, 2.45) is 0 Å². The summed E-state index contributed by atoms with van der Waals surface area (Å²) in [6.07, 6.45) is 2.36. The average molecular weight is 588 g/mol. The van der Waals surface area contributed by atoms with Gasteiger partial charge in [0.15, 0.2) is 5.78 Å². The molecule has 0 bridgehead atoms. The minimum atomic E-state index is -0.542. The summed E-state index contributed by atoms with van der Waals surface area (Å²) < 4.78 is 11.5. The first-order valence-corrected chi connectivity index (χ1v) is 14.9. The van der Waals surface area contributed by atoms with E-state index in [2.05, 4.69) is 10.6 Å². The van der Waals surface area contributed by atoms with Crippen LogP contribution in [0.1, 0.15) is 49.0 Å². The highest BCUT2D eigenvalue weighted by molar-refractivity contribution is 7.22. The summed E-state index contributed by atoms with van der Waals surface area (Å²) in [5.74, 6) is 1.32. The zero-order valence-electron chi connectivity index (χ0n) is 23.6. The second kappa shape index (κ2) is 13.5. The van der Waals surface area contributed by atoms with Crippen molar-refractivity contribution in [2.75, 3.05) is 26.2 Å². The number of hydroxylamine groups is 2. The summed E-state index contributed by atoms with van der Waals surface area (Å²) in [7, 11) is 0. The van der Waals surface area contributed by atoms with E-state index < -0.39 is 12.2 Å². The molecule has 5 rings (SSSR count). The molecule has 2 amide bonds. The van der Waals surface area contributed by atoms with Crippen LogP contribution in [0.4, 0.5) is 9.59 Å². The molecule has 2 N–H and O–H groups in total. The van der Waals surface area contributed by atoms with Crippen molar-refractivity contribution in [3.05, 3.63) is 77.9 Å². The summed E-state index contributed by atoms with van der Waals surface area (Å²) in [4.78, 5) is 44.6. The number of carbonyl (C=O) groups is 3. The molecule has 0 unspecified atom stereocenters. The fraction of sp³-hybridized carbons (Fsp3) is 0.281. The van der Waals surface area contributed by atoms with Crippen molar-refractivity contribution in [3.63, 3.8) is 0 Å². The Morgan fingerprint density at radius 3 is 2.00 bits per heavy atom. The van der Waals surface area contributed by atoms with Gasteiger partial charge in [-0.1, -0.05) is 6.42 Å². The van der Waals surface area contributed by atoms with Gasteiger partial charge < -0.3 is 24.9 Å². The zero-order chi connectivity index (χ0) is 29.5. The lowest BCUT2D eigenvalue weighted by Crippen LogP contribution is -2.32. The Labute approximate surface area is 248 Å². The molecule has 1 fully saturated rings. The molecule has 4 aromatic rings. The van der Waals surface area contributed by atoms with E-state index in [0.717, 1.165) is 46.5 Å². The Bertz CT molecular complexity index is 1560. The minimum Gasteiger partial charge on any atom is -0.410 e. The largest absolute Gasteiger partial charge is 0.412 e. The van der Waals surface area contributed by atoms with Crippen LogP contribution in [0.2, 0.25) is 0 Å². The lowest BCUT2D eigenvalue weighted by atomic mass is 9.97. The third kappa shape index (κ3) is 6.89. The number of nitrogens with zero attached hydrogens (tertiary/aromatic N) is 1. The van der Waals surface area contributed by atoms with Crippen LogP contribution in [0.25, 0.3) is 20.5 Å². The van der Waals surface area contributed by atoms with Gasteiger partial charge in [-0.05, 0) is 99.0 Å². The molecule has 2 heterocycles. The number of hydrogen-bond donors (Lipinski definition) is 2. The maximum atomic E-state index is 14.0. The van der Waals surface area contributed by atoms with Crippen molar-refractivity contribution in [1.29, 1.82) is 0 Å². The molecule has 0 atom stereocenters. The number of piperidine rings is 1. The maximum Gasteiger partial charge on any atom is 0.412 e. The molecule has 0 aliphatic carbocycles. The highest BCUT2D eigenvalue weighted by Crippen LogP contribution is 2.42. The summed E-state index contributed by atoms with van der Waals surface area (Å²) >= 11 is 1.42. The smallest absolute Gasteiger partial charge is 0.410 e. The normalized spacial score (nSPS) is 13.4. The molecular formula is C32H33N3O6S. The molecule has 0 radical (unpaired) electrons. The number of fused-ring (bicyclic) bond motifs is 1. The van der Waals surface area contributed by atoms with Gasteiger partial charge in [-0.2, -0.15) is 0 Å². The Kier molecular flexibility index (Phi) is 9.35. The van der Waals surface area contributed by atoms with Crippen LogP contribution >= 0.6 is 11.3 Å². The second-order valence-corrected chi connectivity index (χ2v) is 10.8. The van der Waals surface area contributed by atoms with E-state index in [1.165, 1.54) is 17.8 Å². The van der Waals surface area contributed by atoms with E-state index in [-0.39, 0.29) is 5.78 Å². The van der Waals surface area contributed by atoms with Gasteiger partial charge in [-0.15, -0.1) is 16.4 Å². The lowest BCUT2D eigenvalue weighted by Gasteiger charge is -2.26. The molecule has 0 saturated carbocycles. The van der Waals surface area contributed by atoms with Crippen molar-refractivity contribution < 1.29 is 28.7 Å². The molecule has 1 aliphatic heterocycles.